The molecule has 4 saturated carbocycles. The number of benzene rings is 1. The fraction of sp³-hybridized carbons (Fsp3) is 0.500. The first-order valence-corrected chi connectivity index (χ1v) is 10.8. The van der Waals surface area contributed by atoms with Gasteiger partial charge in [-0.15, -0.1) is 0 Å². The van der Waals surface area contributed by atoms with Crippen molar-refractivity contribution in [2.45, 2.75) is 50.6 Å². The van der Waals surface area contributed by atoms with Crippen LogP contribution in [0.15, 0.2) is 47.1 Å². The van der Waals surface area contributed by atoms with Crippen molar-refractivity contribution in [2.24, 2.45) is 17.8 Å². The van der Waals surface area contributed by atoms with E-state index in [0.29, 0.717) is 24.3 Å². The van der Waals surface area contributed by atoms with E-state index in [1.54, 1.807) is 18.2 Å². The van der Waals surface area contributed by atoms with Gasteiger partial charge in [-0.3, -0.25) is 4.79 Å². The highest BCUT2D eigenvalue weighted by molar-refractivity contribution is 5.89. The molecule has 4 aliphatic rings. The lowest BCUT2D eigenvalue weighted by atomic mass is 9.52. The highest BCUT2D eigenvalue weighted by Gasteiger charge is 2.54. The van der Waals surface area contributed by atoms with E-state index >= 15 is 0 Å². The molecule has 2 aromatic rings. The molecule has 6 rings (SSSR count). The third-order valence-electron chi connectivity index (χ3n) is 7.18. The summed E-state index contributed by atoms with van der Waals surface area (Å²) in [4.78, 5) is 27.4. The van der Waals surface area contributed by atoms with E-state index in [0.717, 1.165) is 24.8 Å². The molecule has 1 heterocycles. The molecule has 0 saturated heterocycles. The second-order valence-electron chi connectivity index (χ2n) is 9.30. The number of esters is 1. The summed E-state index contributed by atoms with van der Waals surface area (Å²) < 4.78 is 23.7. The number of carbonyl (C=O) groups is 2. The van der Waals surface area contributed by atoms with Crippen molar-refractivity contribution in [1.29, 1.82) is 0 Å². The van der Waals surface area contributed by atoms with Gasteiger partial charge in [0.05, 0.1) is 6.26 Å². The lowest BCUT2D eigenvalue weighted by Gasteiger charge is -2.60. The Bertz CT molecular complexity index is 886. The molecule has 30 heavy (non-hydrogen) atoms. The topological polar surface area (TPSA) is 59.8 Å². The molecule has 0 N–H and O–H groups in total. The smallest absolute Gasteiger partial charge is 0.374 e. The number of amides is 1. The SMILES string of the molecule is O=C(OCC(=O)N(Cc1ccc(F)cc1)C12CC3CC(CC(C3)C1)C2)c1ccco1. The summed E-state index contributed by atoms with van der Waals surface area (Å²) in [7, 11) is 0. The largest absolute Gasteiger partial charge is 0.457 e. The molecule has 0 radical (unpaired) electrons. The zero-order valence-corrected chi connectivity index (χ0v) is 16.9. The first kappa shape index (κ1) is 19.3. The number of ether oxygens (including phenoxy) is 1. The first-order chi connectivity index (χ1) is 14.5. The molecule has 158 valence electrons. The van der Waals surface area contributed by atoms with Crippen LogP contribution in [0, 0.1) is 23.6 Å². The molecule has 0 atom stereocenters. The Morgan fingerprint density at radius 3 is 2.23 bits per heavy atom. The zero-order valence-electron chi connectivity index (χ0n) is 16.9. The molecule has 0 spiro atoms. The Labute approximate surface area is 175 Å². The second-order valence-corrected chi connectivity index (χ2v) is 9.30. The van der Waals surface area contributed by atoms with Gasteiger partial charge in [-0.1, -0.05) is 12.1 Å². The van der Waals surface area contributed by atoms with E-state index in [9.17, 15) is 14.0 Å². The van der Waals surface area contributed by atoms with Crippen molar-refractivity contribution in [2.75, 3.05) is 6.61 Å². The van der Waals surface area contributed by atoms with E-state index in [2.05, 4.69) is 0 Å². The van der Waals surface area contributed by atoms with Gasteiger partial charge in [0.2, 0.25) is 5.76 Å². The van der Waals surface area contributed by atoms with Crippen LogP contribution in [0.4, 0.5) is 4.39 Å². The zero-order chi connectivity index (χ0) is 20.7. The molecule has 4 fully saturated rings. The molecule has 4 aliphatic carbocycles. The maximum absolute atomic E-state index is 13.4. The highest BCUT2D eigenvalue weighted by Crippen LogP contribution is 2.58. The summed E-state index contributed by atoms with van der Waals surface area (Å²) in [6.07, 6.45) is 8.24. The van der Waals surface area contributed by atoms with Gasteiger partial charge in [-0.05, 0) is 86.1 Å². The average Bonchev–Trinajstić information content (AvgIpc) is 3.25. The monoisotopic (exact) mass is 411 g/mol. The van der Waals surface area contributed by atoms with E-state index in [1.807, 2.05) is 4.90 Å². The minimum atomic E-state index is -0.638. The van der Waals surface area contributed by atoms with E-state index < -0.39 is 5.97 Å². The van der Waals surface area contributed by atoms with Crippen molar-refractivity contribution in [1.82, 2.24) is 4.90 Å². The normalized spacial score (nSPS) is 29.0. The lowest BCUT2D eigenvalue weighted by Crippen LogP contribution is -2.61. The number of rotatable bonds is 6. The van der Waals surface area contributed by atoms with Gasteiger partial charge in [0, 0.05) is 12.1 Å². The molecule has 6 heteroatoms. The minimum absolute atomic E-state index is 0.0858. The Morgan fingerprint density at radius 2 is 1.67 bits per heavy atom. The molecule has 4 bridgehead atoms. The van der Waals surface area contributed by atoms with E-state index in [1.165, 1.54) is 43.7 Å². The predicted molar refractivity (Wildman–Crippen MR) is 107 cm³/mol. The molecule has 5 nitrogen and oxygen atoms in total. The Balaban J connectivity index is 1.37. The number of nitrogens with zero attached hydrogens (tertiary/aromatic N) is 1. The van der Waals surface area contributed by atoms with Gasteiger partial charge in [0.15, 0.2) is 6.61 Å². The highest BCUT2D eigenvalue weighted by atomic mass is 19.1. The van der Waals surface area contributed by atoms with Crippen molar-refractivity contribution in [3.8, 4) is 0 Å². The average molecular weight is 411 g/mol. The van der Waals surface area contributed by atoms with Gasteiger partial charge in [-0.2, -0.15) is 0 Å². The quantitative estimate of drug-likeness (QED) is 0.653. The van der Waals surface area contributed by atoms with Crippen LogP contribution in [0.5, 0.6) is 0 Å². The maximum atomic E-state index is 13.4. The van der Waals surface area contributed by atoms with E-state index in [-0.39, 0.29) is 29.6 Å². The number of hydrogen-bond donors (Lipinski definition) is 0. The Kier molecular flexibility index (Phi) is 4.88. The lowest BCUT2D eigenvalue weighted by molar-refractivity contribution is -0.155. The van der Waals surface area contributed by atoms with Crippen LogP contribution < -0.4 is 0 Å². The molecular weight excluding hydrogens is 385 g/mol. The third kappa shape index (κ3) is 3.64. The van der Waals surface area contributed by atoms with Crippen molar-refractivity contribution < 1.29 is 23.1 Å². The van der Waals surface area contributed by atoms with Crippen LogP contribution in [0.2, 0.25) is 0 Å². The number of furan rings is 1. The van der Waals surface area contributed by atoms with Crippen LogP contribution >= 0.6 is 0 Å². The van der Waals surface area contributed by atoms with Gasteiger partial charge in [0.1, 0.15) is 5.82 Å². The van der Waals surface area contributed by atoms with Crippen LogP contribution in [-0.4, -0.2) is 28.9 Å². The minimum Gasteiger partial charge on any atom is -0.457 e. The summed E-state index contributed by atoms with van der Waals surface area (Å²) in [5, 5.41) is 0. The van der Waals surface area contributed by atoms with Crippen LogP contribution in [-0.2, 0) is 16.1 Å². The molecule has 1 aromatic carbocycles. The molecule has 1 aromatic heterocycles. The summed E-state index contributed by atoms with van der Waals surface area (Å²) >= 11 is 0. The first-order valence-electron chi connectivity index (χ1n) is 10.8. The molecule has 0 unspecified atom stereocenters. The Morgan fingerprint density at radius 1 is 1.03 bits per heavy atom. The van der Waals surface area contributed by atoms with Gasteiger partial charge in [0.25, 0.3) is 5.91 Å². The van der Waals surface area contributed by atoms with Crippen molar-refractivity contribution in [3.63, 3.8) is 0 Å². The summed E-state index contributed by atoms with van der Waals surface area (Å²) in [5.41, 5.74) is 0.704. The van der Waals surface area contributed by atoms with Crippen LogP contribution in [0.3, 0.4) is 0 Å². The maximum Gasteiger partial charge on any atom is 0.374 e. The van der Waals surface area contributed by atoms with Gasteiger partial charge >= 0.3 is 5.97 Å². The summed E-state index contributed by atoms with van der Waals surface area (Å²) in [6.45, 7) is 0.0893. The van der Waals surface area contributed by atoms with Crippen molar-refractivity contribution >= 4 is 11.9 Å². The fourth-order valence-electron chi connectivity index (χ4n) is 6.36. The number of carbonyl (C=O) groups excluding carboxylic acids is 2. The van der Waals surface area contributed by atoms with E-state index in [4.69, 9.17) is 9.15 Å². The molecular formula is C24H26FNO4. The van der Waals surface area contributed by atoms with Crippen LogP contribution in [0.1, 0.15) is 54.6 Å². The van der Waals surface area contributed by atoms with Crippen LogP contribution in [0.25, 0.3) is 0 Å². The summed E-state index contributed by atoms with van der Waals surface area (Å²) in [6, 6.07) is 9.43. The molecule has 1 amide bonds. The predicted octanol–water partition coefficient (Wildman–Crippen LogP) is 4.57. The van der Waals surface area contributed by atoms with Gasteiger partial charge in [-0.25, -0.2) is 9.18 Å². The summed E-state index contributed by atoms with van der Waals surface area (Å²) in [5.74, 6) is 0.976. The van der Waals surface area contributed by atoms with Crippen molar-refractivity contribution in [3.05, 3.63) is 59.8 Å². The number of hydrogen-bond acceptors (Lipinski definition) is 4. The standard InChI is InChI=1S/C24H26FNO4/c25-20-5-3-16(4-6-20)14-26(22(27)15-30-23(28)21-2-1-7-29-21)24-11-17-8-18(12-24)10-19(9-17)13-24/h1-7,17-19H,8-15H2. The number of halogens is 1. The molecule has 0 aliphatic heterocycles. The Hall–Kier alpha value is -2.63. The second kappa shape index (κ2) is 7.56. The fourth-order valence-corrected chi connectivity index (χ4v) is 6.36. The van der Waals surface area contributed by atoms with Gasteiger partial charge < -0.3 is 14.1 Å². The third-order valence-corrected chi connectivity index (χ3v) is 7.18.